The van der Waals surface area contributed by atoms with Crippen molar-refractivity contribution in [1.29, 1.82) is 0 Å². The second kappa shape index (κ2) is 5.87. The molecule has 0 saturated heterocycles. The summed E-state index contributed by atoms with van der Waals surface area (Å²) in [4.78, 5) is 11.6. The van der Waals surface area contributed by atoms with Crippen LogP contribution in [-0.2, 0) is 9.53 Å². The molecule has 1 aromatic carbocycles. The van der Waals surface area contributed by atoms with Crippen LogP contribution in [0.25, 0.3) is 6.08 Å². The lowest BCUT2D eigenvalue weighted by Crippen LogP contribution is -2.07. The van der Waals surface area contributed by atoms with Crippen LogP contribution in [0.2, 0.25) is 0 Å². The molecule has 3 heteroatoms. The van der Waals surface area contributed by atoms with Crippen LogP contribution in [0.3, 0.4) is 0 Å². The maximum atomic E-state index is 11.6. The van der Waals surface area contributed by atoms with Gasteiger partial charge in [-0.2, -0.15) is 0 Å². The predicted octanol–water partition coefficient (Wildman–Crippen LogP) is 3.89. The van der Waals surface area contributed by atoms with Gasteiger partial charge in [-0.1, -0.05) is 23.8 Å². The molecule has 0 bridgehead atoms. The smallest absolute Gasteiger partial charge is 0.309 e. The van der Waals surface area contributed by atoms with Crippen molar-refractivity contribution in [1.82, 2.24) is 0 Å². The average Bonchev–Trinajstić information content (AvgIpc) is 3.12. The van der Waals surface area contributed by atoms with Crippen molar-refractivity contribution < 1.29 is 9.53 Å². The van der Waals surface area contributed by atoms with E-state index in [1.54, 1.807) is 0 Å². The molecule has 1 saturated carbocycles. The Morgan fingerprint density at radius 2 is 2.06 bits per heavy atom. The van der Waals surface area contributed by atoms with Gasteiger partial charge in [0.1, 0.15) is 0 Å². The van der Waals surface area contributed by atoms with Crippen molar-refractivity contribution >= 4 is 34.6 Å². The van der Waals surface area contributed by atoms with Crippen LogP contribution in [-0.4, -0.2) is 12.6 Å². The van der Waals surface area contributed by atoms with Gasteiger partial charge in [0.15, 0.2) is 0 Å². The van der Waals surface area contributed by atoms with Crippen molar-refractivity contribution in [2.24, 2.45) is 11.8 Å². The summed E-state index contributed by atoms with van der Waals surface area (Å²) in [5.74, 6) is 0.422. The highest BCUT2D eigenvalue weighted by atomic mass is 127. The molecule has 2 atom stereocenters. The topological polar surface area (TPSA) is 26.3 Å². The zero-order chi connectivity index (χ0) is 13.1. The van der Waals surface area contributed by atoms with Gasteiger partial charge in [0.25, 0.3) is 0 Å². The van der Waals surface area contributed by atoms with E-state index >= 15 is 0 Å². The van der Waals surface area contributed by atoms with Gasteiger partial charge in [0.05, 0.1) is 12.5 Å². The molecule has 0 N–H and O–H groups in total. The number of hydrogen-bond acceptors (Lipinski definition) is 2. The molecule has 2 nitrogen and oxygen atoms in total. The first kappa shape index (κ1) is 13.6. The van der Waals surface area contributed by atoms with Crippen molar-refractivity contribution in [2.45, 2.75) is 20.3 Å². The Bertz CT molecular complexity index is 462. The second-order valence-electron chi connectivity index (χ2n) is 4.64. The number of carbonyl (C=O) groups excluding carboxylic acids is 1. The van der Waals surface area contributed by atoms with Gasteiger partial charge in [0, 0.05) is 3.57 Å². The van der Waals surface area contributed by atoms with Crippen molar-refractivity contribution in [3.05, 3.63) is 39.0 Å². The molecule has 0 unspecified atom stereocenters. The van der Waals surface area contributed by atoms with Crippen LogP contribution in [0, 0.1) is 15.4 Å². The number of allylic oxidation sites excluding steroid dienone is 1. The molecule has 96 valence electrons. The van der Waals surface area contributed by atoms with Crippen LogP contribution >= 0.6 is 22.6 Å². The van der Waals surface area contributed by atoms with E-state index in [9.17, 15) is 4.79 Å². The Labute approximate surface area is 122 Å². The average molecular weight is 356 g/mol. The fourth-order valence-electron chi connectivity index (χ4n) is 2.14. The van der Waals surface area contributed by atoms with Crippen LogP contribution in [0.4, 0.5) is 0 Å². The highest BCUT2D eigenvalue weighted by molar-refractivity contribution is 14.1. The van der Waals surface area contributed by atoms with Crippen LogP contribution in [0.1, 0.15) is 25.8 Å². The molecule has 1 aliphatic carbocycles. The zero-order valence-corrected chi connectivity index (χ0v) is 12.8. The largest absolute Gasteiger partial charge is 0.466 e. The molecule has 0 aromatic heterocycles. The molecule has 0 radical (unpaired) electrons. The summed E-state index contributed by atoms with van der Waals surface area (Å²) in [6, 6.07) is 8.39. The SMILES string of the molecule is CCOC(=O)[C@@H]1C[C@H]1/C(C)=C/c1ccc(I)cc1. The minimum Gasteiger partial charge on any atom is -0.466 e. The number of rotatable bonds is 4. The minimum absolute atomic E-state index is 0.0436. The van der Waals surface area contributed by atoms with Crippen molar-refractivity contribution in [2.75, 3.05) is 6.61 Å². The predicted molar refractivity (Wildman–Crippen MR) is 81.0 cm³/mol. The van der Waals surface area contributed by atoms with E-state index in [4.69, 9.17) is 4.74 Å². The van der Waals surface area contributed by atoms with Crippen LogP contribution in [0.5, 0.6) is 0 Å². The van der Waals surface area contributed by atoms with Gasteiger partial charge < -0.3 is 4.74 Å². The quantitative estimate of drug-likeness (QED) is 0.604. The molecule has 1 fully saturated rings. The number of halogens is 1. The summed E-state index contributed by atoms with van der Waals surface area (Å²) in [7, 11) is 0. The summed E-state index contributed by atoms with van der Waals surface area (Å²) in [5, 5.41) is 0. The monoisotopic (exact) mass is 356 g/mol. The van der Waals surface area contributed by atoms with E-state index in [1.807, 2.05) is 6.92 Å². The third-order valence-corrected chi connectivity index (χ3v) is 3.95. The van der Waals surface area contributed by atoms with Gasteiger partial charge >= 0.3 is 5.97 Å². The number of hydrogen-bond donors (Lipinski definition) is 0. The molecule has 1 aromatic rings. The number of carbonyl (C=O) groups is 1. The lowest BCUT2D eigenvalue weighted by Gasteiger charge is -2.02. The molecule has 18 heavy (non-hydrogen) atoms. The van der Waals surface area contributed by atoms with Gasteiger partial charge in [-0.25, -0.2) is 0 Å². The fraction of sp³-hybridized carbons (Fsp3) is 0.400. The van der Waals surface area contributed by atoms with Crippen molar-refractivity contribution in [3.63, 3.8) is 0 Å². The van der Waals surface area contributed by atoms with E-state index in [2.05, 4.69) is 59.9 Å². The van der Waals surface area contributed by atoms with Gasteiger partial charge in [-0.15, -0.1) is 0 Å². The summed E-state index contributed by atoms with van der Waals surface area (Å²) >= 11 is 2.30. The number of ether oxygens (including phenoxy) is 1. The van der Waals surface area contributed by atoms with E-state index < -0.39 is 0 Å². The fourth-order valence-corrected chi connectivity index (χ4v) is 2.50. The Balaban J connectivity index is 1.99. The standard InChI is InChI=1S/C15H17IO2/c1-3-18-15(17)14-9-13(14)10(2)8-11-4-6-12(16)7-5-11/h4-8,13-14H,3,9H2,1-2H3/b10-8+/t13-,14+/m0/s1. The molecular weight excluding hydrogens is 339 g/mol. The Hall–Kier alpha value is -0.840. The van der Waals surface area contributed by atoms with E-state index in [1.165, 1.54) is 14.7 Å². The molecule has 0 aliphatic heterocycles. The molecule has 2 rings (SSSR count). The highest BCUT2D eigenvalue weighted by Crippen LogP contribution is 2.45. The third-order valence-electron chi connectivity index (χ3n) is 3.23. The summed E-state index contributed by atoms with van der Waals surface area (Å²) in [5.41, 5.74) is 2.47. The first-order chi connectivity index (χ1) is 8.61. The summed E-state index contributed by atoms with van der Waals surface area (Å²) < 4.78 is 6.28. The maximum Gasteiger partial charge on any atom is 0.309 e. The Morgan fingerprint density at radius 3 is 2.67 bits per heavy atom. The van der Waals surface area contributed by atoms with Gasteiger partial charge in [0.2, 0.25) is 0 Å². The first-order valence-electron chi connectivity index (χ1n) is 6.22. The molecular formula is C15H17IO2. The summed E-state index contributed by atoms with van der Waals surface area (Å²) in [6.07, 6.45) is 3.10. The lowest BCUT2D eigenvalue weighted by molar-refractivity contribution is -0.144. The van der Waals surface area contributed by atoms with Crippen molar-refractivity contribution in [3.8, 4) is 0 Å². The van der Waals surface area contributed by atoms with Crippen LogP contribution in [0.15, 0.2) is 29.8 Å². The maximum absolute atomic E-state index is 11.6. The van der Waals surface area contributed by atoms with E-state index in [0.29, 0.717) is 12.5 Å². The molecule has 0 amide bonds. The minimum atomic E-state index is -0.0436. The third kappa shape index (κ3) is 3.34. The van der Waals surface area contributed by atoms with Gasteiger partial charge in [-0.05, 0) is 66.5 Å². The van der Waals surface area contributed by atoms with E-state index in [0.717, 1.165) is 6.42 Å². The zero-order valence-electron chi connectivity index (χ0n) is 10.7. The Kier molecular flexibility index (Phi) is 4.43. The van der Waals surface area contributed by atoms with Crippen LogP contribution < -0.4 is 0 Å². The normalized spacial score (nSPS) is 22.7. The number of benzene rings is 1. The second-order valence-corrected chi connectivity index (χ2v) is 5.89. The molecule has 0 heterocycles. The summed E-state index contributed by atoms with van der Waals surface area (Å²) in [6.45, 7) is 4.42. The first-order valence-corrected chi connectivity index (χ1v) is 7.30. The highest BCUT2D eigenvalue weighted by Gasteiger charge is 2.44. The molecule has 1 aliphatic rings. The lowest BCUT2D eigenvalue weighted by atomic mass is 10.1. The number of esters is 1. The Morgan fingerprint density at radius 1 is 1.39 bits per heavy atom. The molecule has 0 spiro atoms. The van der Waals surface area contributed by atoms with Gasteiger partial charge in [-0.3, -0.25) is 4.79 Å². The van der Waals surface area contributed by atoms with E-state index in [-0.39, 0.29) is 11.9 Å².